The molecule has 0 aliphatic heterocycles. The van der Waals surface area contributed by atoms with E-state index in [0.29, 0.717) is 18.1 Å². The van der Waals surface area contributed by atoms with Crippen LogP contribution >= 0.6 is 0 Å². The average Bonchev–Trinajstić information content (AvgIpc) is 2.80. The quantitative estimate of drug-likeness (QED) is 0.615. The molecule has 1 saturated carbocycles. The molecule has 3 atom stereocenters. The van der Waals surface area contributed by atoms with E-state index in [4.69, 9.17) is 4.43 Å². The van der Waals surface area contributed by atoms with E-state index >= 15 is 0 Å². The number of hydrogen-bond donors (Lipinski definition) is 0. The second-order valence-electron chi connectivity index (χ2n) is 9.63. The summed E-state index contributed by atoms with van der Waals surface area (Å²) in [5.41, 5.74) is 3.66. The zero-order valence-electron chi connectivity index (χ0n) is 17.4. The molecule has 1 aromatic carbocycles. The molecule has 0 amide bonds. The van der Waals surface area contributed by atoms with Gasteiger partial charge >= 0.3 is 0 Å². The maximum Gasteiger partial charge on any atom is 0.192 e. The van der Waals surface area contributed by atoms with Crippen LogP contribution in [-0.2, 0) is 15.6 Å². The molecule has 0 radical (unpaired) electrons. The fourth-order valence-corrected chi connectivity index (χ4v) is 5.07. The Labute approximate surface area is 155 Å². The molecule has 140 valence electrons. The first-order valence-corrected chi connectivity index (χ1v) is 12.6. The lowest BCUT2D eigenvalue weighted by molar-refractivity contribution is -0.123. The summed E-state index contributed by atoms with van der Waals surface area (Å²) < 4.78 is 6.59. The molecular formula is C22H36O2Si. The molecule has 0 unspecified atom stereocenters. The van der Waals surface area contributed by atoms with Crippen LogP contribution in [0.25, 0.3) is 0 Å². The lowest BCUT2D eigenvalue weighted by atomic mass is 9.89. The average molecular weight is 361 g/mol. The van der Waals surface area contributed by atoms with E-state index in [1.807, 2.05) is 0 Å². The summed E-state index contributed by atoms with van der Waals surface area (Å²) in [6, 6.07) is 6.40. The van der Waals surface area contributed by atoms with Crippen LogP contribution in [0, 0.1) is 25.7 Å². The summed E-state index contributed by atoms with van der Waals surface area (Å²) in [6.07, 6.45) is 2.74. The molecule has 2 nitrogen and oxygen atoms in total. The van der Waals surface area contributed by atoms with E-state index in [9.17, 15) is 4.79 Å². The van der Waals surface area contributed by atoms with Gasteiger partial charge in [0.05, 0.1) is 0 Å². The highest BCUT2D eigenvalue weighted by Crippen LogP contribution is 2.42. The van der Waals surface area contributed by atoms with Gasteiger partial charge in [-0.15, -0.1) is 0 Å². The van der Waals surface area contributed by atoms with E-state index < -0.39 is 8.32 Å². The summed E-state index contributed by atoms with van der Waals surface area (Å²) in [5, 5.41) is 0.220. The normalized spacial score (nSPS) is 24.6. The minimum absolute atomic E-state index is 0.149. The third-order valence-corrected chi connectivity index (χ3v) is 10.9. The van der Waals surface area contributed by atoms with Crippen LogP contribution in [0.15, 0.2) is 18.2 Å². The highest BCUT2D eigenvalue weighted by atomic mass is 28.4. The monoisotopic (exact) mass is 360 g/mol. The Kier molecular flexibility index (Phi) is 6.00. The SMILES string of the molecule is Cc1ccc(CC(=O)[C@H]2C[C@H](O[Si](C)(C)C(C)(C)C)C[C@@H]2C)c(C)c1. The number of carbonyl (C=O) groups is 1. The first kappa shape index (κ1) is 20.4. The molecule has 25 heavy (non-hydrogen) atoms. The first-order chi connectivity index (χ1) is 11.4. The number of hydrogen-bond acceptors (Lipinski definition) is 2. The molecule has 1 aliphatic carbocycles. The van der Waals surface area contributed by atoms with E-state index in [-0.39, 0.29) is 17.1 Å². The molecule has 1 aromatic rings. The van der Waals surface area contributed by atoms with Crippen molar-refractivity contribution in [3.63, 3.8) is 0 Å². The van der Waals surface area contributed by atoms with Crippen LogP contribution < -0.4 is 0 Å². The van der Waals surface area contributed by atoms with Crippen LogP contribution in [0.4, 0.5) is 0 Å². The van der Waals surface area contributed by atoms with Crippen LogP contribution in [0.3, 0.4) is 0 Å². The van der Waals surface area contributed by atoms with Gasteiger partial charge in [0.25, 0.3) is 0 Å². The lowest BCUT2D eigenvalue weighted by Crippen LogP contribution is -2.43. The molecule has 1 fully saturated rings. The van der Waals surface area contributed by atoms with E-state index in [1.165, 1.54) is 16.7 Å². The van der Waals surface area contributed by atoms with Crippen molar-refractivity contribution in [1.29, 1.82) is 0 Å². The van der Waals surface area contributed by atoms with Gasteiger partial charge in [0, 0.05) is 18.4 Å². The van der Waals surface area contributed by atoms with Crippen molar-refractivity contribution < 1.29 is 9.22 Å². The first-order valence-electron chi connectivity index (χ1n) is 9.67. The van der Waals surface area contributed by atoms with Crippen LogP contribution in [-0.4, -0.2) is 20.2 Å². The lowest BCUT2D eigenvalue weighted by Gasteiger charge is -2.38. The van der Waals surface area contributed by atoms with Gasteiger partial charge in [0.2, 0.25) is 0 Å². The van der Waals surface area contributed by atoms with Crippen molar-refractivity contribution in [2.45, 2.75) is 85.0 Å². The van der Waals surface area contributed by atoms with Crippen LogP contribution in [0.2, 0.25) is 18.1 Å². The highest BCUT2D eigenvalue weighted by Gasteiger charge is 2.43. The molecule has 3 heteroatoms. The molecular weight excluding hydrogens is 324 g/mol. The second-order valence-corrected chi connectivity index (χ2v) is 14.4. The standard InChI is InChI=1S/C22H36O2Si/c1-15-9-10-18(16(2)11-15)13-21(23)20-14-19(12-17(20)3)24-25(7,8)22(4,5)6/h9-11,17,19-20H,12-14H2,1-8H3/t17-,19+,20-/m0/s1. The summed E-state index contributed by atoms with van der Waals surface area (Å²) in [5.74, 6) is 0.962. The third kappa shape index (κ3) is 4.82. The number of rotatable bonds is 5. The fourth-order valence-electron chi connectivity index (χ4n) is 3.69. The number of benzene rings is 1. The van der Waals surface area contributed by atoms with Gasteiger partial charge in [-0.2, -0.15) is 0 Å². The fraction of sp³-hybridized carbons (Fsp3) is 0.682. The van der Waals surface area contributed by atoms with Crippen molar-refractivity contribution in [2.75, 3.05) is 0 Å². The number of ketones is 1. The number of carbonyl (C=O) groups excluding carboxylic acids is 1. The Balaban J connectivity index is 2.02. The summed E-state index contributed by atoms with van der Waals surface area (Å²) in [7, 11) is -1.76. The molecule has 0 aromatic heterocycles. The highest BCUT2D eigenvalue weighted by molar-refractivity contribution is 6.74. The Bertz CT molecular complexity index is 627. The maximum atomic E-state index is 12.9. The summed E-state index contributed by atoms with van der Waals surface area (Å²) in [4.78, 5) is 12.9. The number of Topliss-reactive ketones (excluding diaryl/α,β-unsaturated/α-hetero) is 1. The third-order valence-electron chi connectivity index (χ3n) is 6.38. The molecule has 2 rings (SSSR count). The maximum absolute atomic E-state index is 12.9. The molecule has 1 aliphatic rings. The summed E-state index contributed by atoms with van der Waals surface area (Å²) in [6.45, 7) is 17.9. The second kappa shape index (κ2) is 7.36. The Morgan fingerprint density at radius 3 is 2.40 bits per heavy atom. The molecule has 0 bridgehead atoms. The van der Waals surface area contributed by atoms with Crippen LogP contribution in [0.5, 0.6) is 0 Å². The van der Waals surface area contributed by atoms with Gasteiger partial charge < -0.3 is 4.43 Å². The van der Waals surface area contributed by atoms with E-state index in [1.54, 1.807) is 0 Å². The van der Waals surface area contributed by atoms with Gasteiger partial charge in [-0.05, 0) is 61.9 Å². The van der Waals surface area contributed by atoms with E-state index in [2.05, 4.69) is 72.8 Å². The smallest absolute Gasteiger partial charge is 0.192 e. The van der Waals surface area contributed by atoms with E-state index in [0.717, 1.165) is 12.8 Å². The van der Waals surface area contributed by atoms with Crippen molar-refractivity contribution in [3.05, 3.63) is 34.9 Å². The summed E-state index contributed by atoms with van der Waals surface area (Å²) >= 11 is 0. The minimum atomic E-state index is -1.76. The Morgan fingerprint density at radius 2 is 1.84 bits per heavy atom. The largest absolute Gasteiger partial charge is 0.414 e. The van der Waals surface area contributed by atoms with Gasteiger partial charge in [0.15, 0.2) is 8.32 Å². The zero-order valence-corrected chi connectivity index (χ0v) is 18.4. The van der Waals surface area contributed by atoms with Crippen molar-refractivity contribution in [3.8, 4) is 0 Å². The van der Waals surface area contributed by atoms with Gasteiger partial charge in [-0.1, -0.05) is 51.5 Å². The van der Waals surface area contributed by atoms with Gasteiger partial charge in [-0.25, -0.2) is 0 Å². The van der Waals surface area contributed by atoms with Crippen molar-refractivity contribution in [1.82, 2.24) is 0 Å². The van der Waals surface area contributed by atoms with Crippen LogP contribution in [0.1, 0.15) is 57.2 Å². The van der Waals surface area contributed by atoms with Crippen molar-refractivity contribution >= 4 is 14.1 Å². The zero-order chi connectivity index (χ0) is 19.0. The molecule has 0 saturated heterocycles. The Morgan fingerprint density at radius 1 is 1.20 bits per heavy atom. The predicted octanol–water partition coefficient (Wildman–Crippen LogP) is 5.85. The molecule has 0 N–H and O–H groups in total. The Hall–Kier alpha value is -0.933. The van der Waals surface area contributed by atoms with Crippen molar-refractivity contribution in [2.24, 2.45) is 11.8 Å². The topological polar surface area (TPSA) is 26.3 Å². The van der Waals surface area contributed by atoms with Gasteiger partial charge in [-0.3, -0.25) is 4.79 Å². The molecule has 0 heterocycles. The minimum Gasteiger partial charge on any atom is -0.414 e. The number of aryl methyl sites for hydroxylation is 2. The predicted molar refractivity (Wildman–Crippen MR) is 109 cm³/mol. The van der Waals surface area contributed by atoms with Gasteiger partial charge in [0.1, 0.15) is 5.78 Å². The molecule has 0 spiro atoms.